The molecule has 4 heterocycles. The van der Waals surface area contributed by atoms with Gasteiger partial charge in [-0.15, -0.1) is 11.3 Å². The van der Waals surface area contributed by atoms with Crippen molar-refractivity contribution in [3.05, 3.63) is 134 Å². The van der Waals surface area contributed by atoms with Crippen LogP contribution in [0.4, 0.5) is 17.1 Å². The van der Waals surface area contributed by atoms with E-state index in [2.05, 4.69) is 114 Å². The van der Waals surface area contributed by atoms with E-state index >= 15 is 0 Å². The van der Waals surface area contributed by atoms with Gasteiger partial charge < -0.3 is 13.7 Å². The Morgan fingerprint density at radius 3 is 2.16 bits per heavy atom. The molecule has 6 aromatic carbocycles. The first-order chi connectivity index (χ1) is 21.8. The Labute approximate surface area is 255 Å². The van der Waals surface area contributed by atoms with Gasteiger partial charge in [0.1, 0.15) is 22.4 Å². The van der Waals surface area contributed by atoms with E-state index in [4.69, 9.17) is 13.8 Å². The predicted octanol–water partition coefficient (Wildman–Crippen LogP) is 11.9. The lowest BCUT2D eigenvalue weighted by Crippen LogP contribution is -2.10. The average molecular weight is 583 g/mol. The van der Waals surface area contributed by atoms with Gasteiger partial charge in [0.2, 0.25) is 0 Å². The molecule has 0 bridgehead atoms. The lowest BCUT2D eigenvalue weighted by atomic mass is 10.1. The van der Waals surface area contributed by atoms with Crippen LogP contribution in [0.2, 0.25) is 0 Å². The first-order valence-electron chi connectivity index (χ1n) is 14.6. The molecule has 0 aliphatic rings. The third kappa shape index (κ3) is 3.36. The summed E-state index contributed by atoms with van der Waals surface area (Å²) in [6, 6.07) is 42.6. The van der Waals surface area contributed by atoms with Gasteiger partial charge in [0.15, 0.2) is 5.58 Å². The van der Waals surface area contributed by atoms with Crippen molar-refractivity contribution >= 4 is 103 Å². The van der Waals surface area contributed by atoms with Gasteiger partial charge in [-0.3, -0.25) is 4.98 Å². The molecule has 0 unspecified atom stereocenters. The van der Waals surface area contributed by atoms with Gasteiger partial charge in [-0.25, -0.2) is 0 Å². The highest BCUT2D eigenvalue weighted by atomic mass is 32.1. The van der Waals surface area contributed by atoms with Gasteiger partial charge in [-0.2, -0.15) is 0 Å². The molecular weight excluding hydrogens is 561 g/mol. The van der Waals surface area contributed by atoms with Crippen LogP contribution in [-0.2, 0) is 0 Å². The van der Waals surface area contributed by atoms with Crippen LogP contribution in [0.3, 0.4) is 0 Å². The fraction of sp³-hybridized carbons (Fsp3) is 0. The lowest BCUT2D eigenvalue weighted by molar-refractivity contribution is 0.669. The Morgan fingerprint density at radius 2 is 1.20 bits per heavy atom. The van der Waals surface area contributed by atoms with Gasteiger partial charge in [0, 0.05) is 64.7 Å². The number of fused-ring (bicyclic) bond motifs is 11. The predicted molar refractivity (Wildman–Crippen MR) is 184 cm³/mol. The maximum Gasteiger partial charge on any atom is 0.162 e. The number of furan rings is 2. The molecular formula is C39H22N2O2S. The SMILES string of the molecule is c1ccc2c(c1)ccc1c3cncc(N(c4ccc5c(c4)sc4ccccc45)c4ccc5oc6ccccc6c5c4)c3oc21. The second-order valence-corrected chi connectivity index (χ2v) is 12.3. The summed E-state index contributed by atoms with van der Waals surface area (Å²) in [7, 11) is 0. The second kappa shape index (κ2) is 8.93. The van der Waals surface area contributed by atoms with Crippen molar-refractivity contribution in [2.45, 2.75) is 0 Å². The van der Waals surface area contributed by atoms with E-state index in [9.17, 15) is 0 Å². The molecule has 0 N–H and O–H groups in total. The number of anilines is 3. The van der Waals surface area contributed by atoms with E-state index in [-0.39, 0.29) is 0 Å². The molecule has 0 amide bonds. The quantitative estimate of drug-likeness (QED) is 0.208. The Hall–Kier alpha value is -5.65. The topological polar surface area (TPSA) is 42.4 Å². The molecule has 4 nitrogen and oxygen atoms in total. The number of pyridine rings is 1. The van der Waals surface area contributed by atoms with Crippen LogP contribution in [0.1, 0.15) is 0 Å². The van der Waals surface area contributed by atoms with Gasteiger partial charge >= 0.3 is 0 Å². The molecule has 0 radical (unpaired) electrons. The van der Waals surface area contributed by atoms with E-state index in [1.807, 2.05) is 35.9 Å². The number of nitrogens with zero attached hydrogens (tertiary/aromatic N) is 2. The summed E-state index contributed by atoms with van der Waals surface area (Å²) in [6.45, 7) is 0. The molecule has 0 aliphatic carbocycles. The number of rotatable bonds is 3. The zero-order valence-electron chi connectivity index (χ0n) is 23.3. The zero-order valence-corrected chi connectivity index (χ0v) is 24.1. The molecule has 4 aromatic heterocycles. The third-order valence-electron chi connectivity index (χ3n) is 8.73. The van der Waals surface area contributed by atoms with E-state index in [0.29, 0.717) is 0 Å². The summed E-state index contributed by atoms with van der Waals surface area (Å²) in [5.74, 6) is 0. The summed E-state index contributed by atoms with van der Waals surface area (Å²) in [6.07, 6.45) is 3.83. The molecule has 0 saturated carbocycles. The number of benzene rings is 6. The zero-order chi connectivity index (χ0) is 28.8. The highest BCUT2D eigenvalue weighted by Crippen LogP contribution is 2.46. The number of hydrogen-bond donors (Lipinski definition) is 0. The minimum absolute atomic E-state index is 0.805. The van der Waals surface area contributed by atoms with Crippen molar-refractivity contribution < 1.29 is 8.83 Å². The summed E-state index contributed by atoms with van der Waals surface area (Å²) in [5, 5.41) is 9.00. The Morgan fingerprint density at radius 1 is 0.477 bits per heavy atom. The Balaban J connectivity index is 1.28. The van der Waals surface area contributed by atoms with Crippen LogP contribution in [0.15, 0.2) is 143 Å². The number of thiophene rings is 1. The average Bonchev–Trinajstić information content (AvgIpc) is 3.76. The number of hydrogen-bond acceptors (Lipinski definition) is 5. The molecule has 5 heteroatoms. The second-order valence-electron chi connectivity index (χ2n) is 11.2. The third-order valence-corrected chi connectivity index (χ3v) is 9.87. The van der Waals surface area contributed by atoms with Crippen LogP contribution in [-0.4, -0.2) is 4.98 Å². The number of para-hydroxylation sites is 1. The first kappa shape index (κ1) is 23.9. The molecule has 10 aromatic rings. The first-order valence-corrected chi connectivity index (χ1v) is 15.4. The monoisotopic (exact) mass is 582 g/mol. The maximum atomic E-state index is 6.80. The van der Waals surface area contributed by atoms with Crippen LogP contribution >= 0.6 is 11.3 Å². The van der Waals surface area contributed by atoms with Crippen molar-refractivity contribution in [2.24, 2.45) is 0 Å². The van der Waals surface area contributed by atoms with Crippen molar-refractivity contribution in [3.8, 4) is 0 Å². The van der Waals surface area contributed by atoms with Crippen molar-refractivity contribution in [3.63, 3.8) is 0 Å². The standard InChI is InChI=1S/C39H22N2O2S/c1-2-8-26-23(7-1)13-16-30-32-21-40-22-33(39(32)43-38(26)30)41(24-15-18-35-31(19-24)27-9-3-5-11-34(27)42-35)25-14-17-29-28-10-4-6-12-36(28)44-37(29)20-25/h1-22H. The van der Waals surface area contributed by atoms with Crippen LogP contribution in [0.25, 0.3) is 74.8 Å². The smallest absolute Gasteiger partial charge is 0.162 e. The number of aromatic nitrogens is 1. The van der Waals surface area contributed by atoms with Gasteiger partial charge in [0.25, 0.3) is 0 Å². The van der Waals surface area contributed by atoms with E-state index in [1.165, 1.54) is 20.2 Å². The van der Waals surface area contributed by atoms with E-state index in [1.54, 1.807) is 0 Å². The van der Waals surface area contributed by atoms with Crippen molar-refractivity contribution in [1.82, 2.24) is 4.98 Å². The fourth-order valence-corrected chi connectivity index (χ4v) is 7.84. The molecule has 206 valence electrons. The molecule has 0 spiro atoms. The van der Waals surface area contributed by atoms with Gasteiger partial charge in [-0.05, 0) is 53.9 Å². The van der Waals surface area contributed by atoms with Crippen LogP contribution < -0.4 is 4.90 Å². The van der Waals surface area contributed by atoms with Gasteiger partial charge in [0.05, 0.1) is 6.20 Å². The maximum absolute atomic E-state index is 6.80. The molecule has 0 fully saturated rings. The van der Waals surface area contributed by atoms with Crippen molar-refractivity contribution in [2.75, 3.05) is 4.90 Å². The minimum Gasteiger partial charge on any atom is -0.456 e. The molecule has 10 rings (SSSR count). The van der Waals surface area contributed by atoms with Crippen LogP contribution in [0.5, 0.6) is 0 Å². The highest BCUT2D eigenvalue weighted by molar-refractivity contribution is 7.25. The molecule has 44 heavy (non-hydrogen) atoms. The molecule has 0 aliphatic heterocycles. The molecule has 0 atom stereocenters. The fourth-order valence-electron chi connectivity index (χ4n) is 6.70. The van der Waals surface area contributed by atoms with Crippen LogP contribution in [0, 0.1) is 0 Å². The summed E-state index contributed by atoms with van der Waals surface area (Å²) in [5.41, 5.74) is 6.35. The van der Waals surface area contributed by atoms with E-state index in [0.717, 1.165) is 71.7 Å². The largest absolute Gasteiger partial charge is 0.456 e. The van der Waals surface area contributed by atoms with E-state index < -0.39 is 0 Å². The molecule has 0 saturated heterocycles. The highest BCUT2D eigenvalue weighted by Gasteiger charge is 2.22. The Bertz CT molecular complexity index is 2750. The van der Waals surface area contributed by atoms with Crippen molar-refractivity contribution in [1.29, 1.82) is 0 Å². The summed E-state index contributed by atoms with van der Waals surface area (Å²) in [4.78, 5) is 7.04. The van der Waals surface area contributed by atoms with Gasteiger partial charge in [-0.1, -0.05) is 72.8 Å². The normalized spacial score (nSPS) is 12.1. The minimum atomic E-state index is 0.805. The Kier molecular flexibility index (Phi) is 4.84. The summed E-state index contributed by atoms with van der Waals surface area (Å²) < 4.78 is 15.5. The summed E-state index contributed by atoms with van der Waals surface area (Å²) >= 11 is 1.82. The lowest BCUT2D eigenvalue weighted by Gasteiger charge is -2.25.